The van der Waals surface area contributed by atoms with E-state index in [9.17, 15) is 4.79 Å². The zero-order valence-corrected chi connectivity index (χ0v) is 14.5. The second-order valence-electron chi connectivity index (χ2n) is 7.41. The number of hydrogen-bond donors (Lipinski definition) is 0. The van der Waals surface area contributed by atoms with Gasteiger partial charge in [0.2, 0.25) is 11.8 Å². The first-order chi connectivity index (χ1) is 12.2. The van der Waals surface area contributed by atoms with Crippen molar-refractivity contribution in [2.45, 2.75) is 37.7 Å². The van der Waals surface area contributed by atoms with E-state index in [2.05, 4.69) is 22.1 Å². The maximum Gasteiger partial charge on any atom is 0.232 e. The van der Waals surface area contributed by atoms with Gasteiger partial charge in [-0.15, -0.1) is 0 Å². The summed E-state index contributed by atoms with van der Waals surface area (Å²) in [6.45, 7) is 2.94. The first-order valence-electron chi connectivity index (χ1n) is 9.21. The number of rotatable bonds is 5. The number of aromatic nitrogens is 2. The smallest absolute Gasteiger partial charge is 0.232 e. The molecule has 134 valence electrons. The summed E-state index contributed by atoms with van der Waals surface area (Å²) in [7, 11) is 0. The Morgan fingerprint density at radius 2 is 2.16 bits per heavy atom. The third-order valence-corrected chi connectivity index (χ3v) is 5.54. The second-order valence-corrected chi connectivity index (χ2v) is 7.41. The summed E-state index contributed by atoms with van der Waals surface area (Å²) in [6, 6.07) is 0. The quantitative estimate of drug-likeness (QED) is 0.767. The van der Waals surface area contributed by atoms with Crippen LogP contribution in [0, 0.1) is 11.8 Å². The number of ether oxygens (including phenoxy) is 2. The molecule has 1 atom stereocenters. The molecule has 6 nitrogen and oxygen atoms in total. The van der Waals surface area contributed by atoms with Gasteiger partial charge in [-0.2, -0.15) is 0 Å². The highest BCUT2D eigenvalue weighted by atomic mass is 16.5. The van der Waals surface area contributed by atoms with E-state index in [1.165, 1.54) is 0 Å². The van der Waals surface area contributed by atoms with Crippen LogP contribution in [0.25, 0.3) is 0 Å². The van der Waals surface area contributed by atoms with Crippen molar-refractivity contribution in [1.82, 2.24) is 14.9 Å². The number of nitrogens with zero attached hydrogens (tertiary/aromatic N) is 3. The highest BCUT2D eigenvalue weighted by molar-refractivity contribution is 5.80. The van der Waals surface area contributed by atoms with Crippen molar-refractivity contribution in [1.29, 1.82) is 0 Å². The average molecular weight is 343 g/mol. The molecule has 1 unspecified atom stereocenters. The van der Waals surface area contributed by atoms with Crippen LogP contribution in [-0.4, -0.2) is 52.7 Å². The molecule has 3 aliphatic rings. The lowest BCUT2D eigenvalue weighted by Gasteiger charge is -2.53. The molecule has 25 heavy (non-hydrogen) atoms. The van der Waals surface area contributed by atoms with Crippen molar-refractivity contribution in [3.63, 3.8) is 0 Å². The van der Waals surface area contributed by atoms with Crippen molar-refractivity contribution in [3.05, 3.63) is 30.7 Å². The van der Waals surface area contributed by atoms with E-state index in [-0.39, 0.29) is 11.5 Å². The van der Waals surface area contributed by atoms with Crippen molar-refractivity contribution >= 4 is 5.91 Å². The molecule has 0 saturated carbocycles. The SMILES string of the molecule is O=C(C1CC=CC1)N1CC2(CC(CCOc3cnccn3)CCO2)C1. The van der Waals surface area contributed by atoms with Gasteiger partial charge in [0, 0.05) is 24.9 Å². The summed E-state index contributed by atoms with van der Waals surface area (Å²) < 4.78 is 11.7. The number of likely N-dealkylation sites (tertiary alicyclic amines) is 1. The lowest BCUT2D eigenvalue weighted by molar-refractivity contribution is -0.191. The number of carbonyl (C=O) groups excluding carboxylic acids is 1. The van der Waals surface area contributed by atoms with Gasteiger partial charge in [0.1, 0.15) is 5.60 Å². The summed E-state index contributed by atoms with van der Waals surface area (Å²) in [5.41, 5.74) is -0.114. The van der Waals surface area contributed by atoms with Crippen LogP contribution in [0.5, 0.6) is 5.88 Å². The lowest BCUT2D eigenvalue weighted by Crippen LogP contribution is -2.67. The fourth-order valence-electron chi connectivity index (χ4n) is 4.17. The fourth-order valence-corrected chi connectivity index (χ4v) is 4.17. The molecule has 6 heteroatoms. The molecule has 4 rings (SSSR count). The van der Waals surface area contributed by atoms with Gasteiger partial charge in [-0.05, 0) is 38.0 Å². The molecular weight excluding hydrogens is 318 g/mol. The maximum absolute atomic E-state index is 12.5. The molecule has 2 saturated heterocycles. The summed E-state index contributed by atoms with van der Waals surface area (Å²) in [4.78, 5) is 22.6. The van der Waals surface area contributed by atoms with Gasteiger partial charge in [0.25, 0.3) is 0 Å². The van der Waals surface area contributed by atoms with E-state index in [0.717, 1.165) is 51.8 Å². The zero-order valence-electron chi connectivity index (χ0n) is 14.5. The predicted octanol–water partition coefficient (Wildman–Crippen LogP) is 2.22. The van der Waals surface area contributed by atoms with Crippen LogP contribution in [0.3, 0.4) is 0 Å². The van der Waals surface area contributed by atoms with Gasteiger partial charge in [-0.1, -0.05) is 12.2 Å². The van der Waals surface area contributed by atoms with Crippen LogP contribution in [0.4, 0.5) is 0 Å². The Labute approximate surface area is 148 Å². The third-order valence-electron chi connectivity index (χ3n) is 5.54. The highest BCUT2D eigenvalue weighted by Gasteiger charge is 2.49. The summed E-state index contributed by atoms with van der Waals surface area (Å²) in [5.74, 6) is 1.62. The minimum absolute atomic E-state index is 0.114. The number of hydrogen-bond acceptors (Lipinski definition) is 5. The van der Waals surface area contributed by atoms with E-state index < -0.39 is 0 Å². The lowest BCUT2D eigenvalue weighted by atomic mass is 9.79. The molecule has 2 aliphatic heterocycles. The molecule has 0 aromatic carbocycles. The van der Waals surface area contributed by atoms with Gasteiger partial charge in [-0.25, -0.2) is 4.98 Å². The minimum Gasteiger partial charge on any atom is -0.477 e. The van der Waals surface area contributed by atoms with E-state index >= 15 is 0 Å². The van der Waals surface area contributed by atoms with E-state index in [4.69, 9.17) is 9.47 Å². The predicted molar refractivity (Wildman–Crippen MR) is 92.0 cm³/mol. The van der Waals surface area contributed by atoms with Gasteiger partial charge < -0.3 is 14.4 Å². The Bertz CT molecular complexity index is 620. The highest BCUT2D eigenvalue weighted by Crippen LogP contribution is 2.39. The standard InChI is InChI=1S/C19H25N3O3/c23-18(16-3-1-2-4-16)22-13-19(14-22)11-15(6-10-25-19)5-9-24-17-12-20-7-8-21-17/h1-2,7-8,12,15-16H,3-6,9-11,13-14H2. The molecule has 1 amide bonds. The summed E-state index contributed by atoms with van der Waals surface area (Å²) in [5, 5.41) is 0. The second kappa shape index (κ2) is 7.12. The Morgan fingerprint density at radius 1 is 1.32 bits per heavy atom. The third kappa shape index (κ3) is 3.68. The number of amides is 1. The minimum atomic E-state index is -0.114. The topological polar surface area (TPSA) is 64.6 Å². The summed E-state index contributed by atoms with van der Waals surface area (Å²) >= 11 is 0. The van der Waals surface area contributed by atoms with Crippen molar-refractivity contribution < 1.29 is 14.3 Å². The number of allylic oxidation sites excluding steroid dienone is 2. The van der Waals surface area contributed by atoms with E-state index in [0.29, 0.717) is 24.3 Å². The number of carbonyl (C=O) groups is 1. The van der Waals surface area contributed by atoms with E-state index in [1.54, 1.807) is 18.6 Å². The fraction of sp³-hybridized carbons (Fsp3) is 0.632. The molecule has 1 aliphatic carbocycles. The van der Waals surface area contributed by atoms with Crippen LogP contribution in [0.15, 0.2) is 30.7 Å². The first kappa shape index (κ1) is 16.5. The molecule has 1 aromatic heterocycles. The molecular formula is C19H25N3O3. The molecule has 1 aromatic rings. The Hall–Kier alpha value is -1.95. The van der Waals surface area contributed by atoms with Crippen LogP contribution in [0.2, 0.25) is 0 Å². The Morgan fingerprint density at radius 3 is 2.92 bits per heavy atom. The van der Waals surface area contributed by atoms with Crippen molar-refractivity contribution in [2.24, 2.45) is 11.8 Å². The summed E-state index contributed by atoms with van der Waals surface area (Å²) in [6.07, 6.45) is 14.0. The normalized spacial score (nSPS) is 25.1. The van der Waals surface area contributed by atoms with Crippen molar-refractivity contribution in [3.8, 4) is 5.88 Å². The molecule has 1 spiro atoms. The first-order valence-corrected chi connectivity index (χ1v) is 9.21. The molecule has 3 heterocycles. The largest absolute Gasteiger partial charge is 0.477 e. The van der Waals surface area contributed by atoms with Crippen LogP contribution in [-0.2, 0) is 9.53 Å². The van der Waals surface area contributed by atoms with Gasteiger partial charge in [0.05, 0.1) is 25.9 Å². The van der Waals surface area contributed by atoms with Crippen molar-refractivity contribution in [2.75, 3.05) is 26.3 Å². The van der Waals surface area contributed by atoms with Gasteiger partial charge in [-0.3, -0.25) is 9.78 Å². The van der Waals surface area contributed by atoms with Crippen LogP contribution in [0.1, 0.15) is 32.1 Å². The van der Waals surface area contributed by atoms with Gasteiger partial charge in [0.15, 0.2) is 0 Å². The zero-order chi connectivity index (χ0) is 17.1. The molecule has 2 fully saturated rings. The van der Waals surface area contributed by atoms with Crippen LogP contribution >= 0.6 is 0 Å². The Balaban J connectivity index is 1.22. The molecule has 0 bridgehead atoms. The average Bonchev–Trinajstić information content (AvgIpc) is 3.15. The van der Waals surface area contributed by atoms with Gasteiger partial charge >= 0.3 is 0 Å². The maximum atomic E-state index is 12.5. The molecule has 0 N–H and O–H groups in total. The molecule has 0 radical (unpaired) electrons. The Kier molecular flexibility index (Phi) is 4.70. The monoisotopic (exact) mass is 343 g/mol. The van der Waals surface area contributed by atoms with Crippen LogP contribution < -0.4 is 4.74 Å². The van der Waals surface area contributed by atoms with E-state index in [1.807, 2.05) is 4.90 Å².